The van der Waals surface area contributed by atoms with Crippen molar-refractivity contribution in [3.05, 3.63) is 145 Å². The highest BCUT2D eigenvalue weighted by atomic mass is 32.1. The van der Waals surface area contributed by atoms with E-state index in [9.17, 15) is 14.4 Å². The molecular formula is C36H30N4O6S. The molecule has 236 valence electrons. The van der Waals surface area contributed by atoms with Gasteiger partial charge in [0, 0.05) is 17.3 Å². The number of allylic oxidation sites excluding steroid dienone is 1. The van der Waals surface area contributed by atoms with Gasteiger partial charge in [0.1, 0.15) is 18.1 Å². The zero-order chi connectivity index (χ0) is 33.1. The molecule has 0 saturated heterocycles. The molecule has 0 radical (unpaired) electrons. The van der Waals surface area contributed by atoms with Crippen molar-refractivity contribution in [1.82, 2.24) is 14.3 Å². The quantitative estimate of drug-likeness (QED) is 0.170. The second-order valence-corrected chi connectivity index (χ2v) is 11.5. The van der Waals surface area contributed by atoms with E-state index in [0.29, 0.717) is 49.8 Å². The summed E-state index contributed by atoms with van der Waals surface area (Å²) in [5.41, 5.74) is 4.33. The average molecular weight is 647 g/mol. The maximum absolute atomic E-state index is 14.2. The number of ether oxygens (including phenoxy) is 3. The standard InChI is InChI=1S/C36H30N4O6S/c1-5-19-46-28-17-15-23(16-18-28)31-26(21-39(38-31)27-9-7-6-8-10-27)20-29-33(41)40-32(24-11-13-25(14-12-24)34(42)44-3)30(35(43)45-4)22(2)37-36(40)47-29/h5-18,20-21,32H,1,19H2,2-4H3. The number of para-hydroxylation sites is 1. The minimum atomic E-state index is -0.831. The van der Waals surface area contributed by atoms with Crippen molar-refractivity contribution in [2.75, 3.05) is 20.8 Å². The number of hydrogen-bond acceptors (Lipinski definition) is 9. The van der Waals surface area contributed by atoms with Gasteiger partial charge >= 0.3 is 11.9 Å². The van der Waals surface area contributed by atoms with Crippen LogP contribution in [0.3, 0.4) is 0 Å². The number of esters is 2. The summed E-state index contributed by atoms with van der Waals surface area (Å²) in [5.74, 6) is -0.400. The lowest BCUT2D eigenvalue weighted by Crippen LogP contribution is -2.39. The fourth-order valence-corrected chi connectivity index (χ4v) is 6.40. The number of aromatic nitrogens is 3. The number of thiazole rings is 1. The summed E-state index contributed by atoms with van der Waals surface area (Å²) in [6.07, 6.45) is 5.35. The Morgan fingerprint density at radius 3 is 2.32 bits per heavy atom. The lowest BCUT2D eigenvalue weighted by Gasteiger charge is -2.24. The Hall–Kier alpha value is -5.81. The van der Waals surface area contributed by atoms with Gasteiger partial charge in [-0.2, -0.15) is 5.10 Å². The van der Waals surface area contributed by atoms with Gasteiger partial charge in [0.2, 0.25) is 0 Å². The van der Waals surface area contributed by atoms with E-state index in [2.05, 4.69) is 11.6 Å². The first-order chi connectivity index (χ1) is 22.8. The lowest BCUT2D eigenvalue weighted by atomic mass is 9.95. The molecular weight excluding hydrogens is 616 g/mol. The molecule has 1 atom stereocenters. The van der Waals surface area contributed by atoms with Gasteiger partial charge in [-0.3, -0.25) is 9.36 Å². The topological polar surface area (TPSA) is 114 Å². The Morgan fingerprint density at radius 2 is 1.66 bits per heavy atom. The normalized spacial score (nSPS) is 14.3. The third-order valence-corrected chi connectivity index (χ3v) is 8.60. The van der Waals surface area contributed by atoms with E-state index < -0.39 is 18.0 Å². The minimum absolute atomic E-state index is 0.230. The van der Waals surface area contributed by atoms with Gasteiger partial charge in [-0.15, -0.1) is 0 Å². The number of benzene rings is 3. The molecule has 1 aliphatic heterocycles. The Labute approximate surface area is 273 Å². The molecule has 2 aromatic heterocycles. The van der Waals surface area contributed by atoms with Gasteiger partial charge in [0.25, 0.3) is 5.56 Å². The summed E-state index contributed by atoms with van der Waals surface area (Å²) in [5, 5.41) is 4.89. The fourth-order valence-electron chi connectivity index (χ4n) is 5.36. The zero-order valence-electron chi connectivity index (χ0n) is 25.9. The van der Waals surface area contributed by atoms with Crippen molar-refractivity contribution in [2.24, 2.45) is 4.99 Å². The molecule has 10 nitrogen and oxygen atoms in total. The number of methoxy groups -OCH3 is 2. The molecule has 11 heteroatoms. The van der Waals surface area contributed by atoms with E-state index >= 15 is 0 Å². The van der Waals surface area contributed by atoms with Crippen molar-refractivity contribution >= 4 is 29.4 Å². The third kappa shape index (κ3) is 6.08. The van der Waals surface area contributed by atoms with E-state index in [4.69, 9.17) is 19.3 Å². The van der Waals surface area contributed by atoms with Crippen LogP contribution in [-0.2, 0) is 14.3 Å². The Kier molecular flexibility index (Phi) is 8.81. The molecule has 0 N–H and O–H groups in total. The van der Waals surface area contributed by atoms with E-state index in [1.54, 1.807) is 48.0 Å². The van der Waals surface area contributed by atoms with Crippen LogP contribution < -0.4 is 19.6 Å². The highest BCUT2D eigenvalue weighted by molar-refractivity contribution is 7.07. The monoisotopic (exact) mass is 646 g/mol. The smallest absolute Gasteiger partial charge is 0.338 e. The molecule has 0 saturated carbocycles. The number of hydrogen-bond donors (Lipinski definition) is 0. The molecule has 0 spiro atoms. The SMILES string of the molecule is C=CCOc1ccc(-c2nn(-c3ccccc3)cc2C=c2sc3n(c2=O)C(c2ccc(C(=O)OC)cc2)C(C(=O)OC)=C(C)N=3)cc1. The number of nitrogens with zero attached hydrogens (tertiary/aromatic N) is 4. The van der Waals surface area contributed by atoms with Gasteiger partial charge < -0.3 is 14.2 Å². The van der Waals surface area contributed by atoms with Crippen LogP contribution in [0.25, 0.3) is 23.0 Å². The van der Waals surface area contributed by atoms with Gasteiger partial charge in [0.05, 0.1) is 47.3 Å². The molecule has 1 aliphatic rings. The van der Waals surface area contributed by atoms with E-state index in [0.717, 1.165) is 11.3 Å². The number of carbonyl (C=O) groups excluding carboxylic acids is 2. The fraction of sp³-hybridized carbons (Fsp3) is 0.139. The summed E-state index contributed by atoms with van der Waals surface area (Å²) in [7, 11) is 2.59. The molecule has 0 amide bonds. The number of fused-ring (bicyclic) bond motifs is 1. The first-order valence-electron chi connectivity index (χ1n) is 14.6. The van der Waals surface area contributed by atoms with Crippen LogP contribution in [0.5, 0.6) is 5.75 Å². The predicted molar refractivity (Wildman–Crippen MR) is 178 cm³/mol. The molecule has 3 aromatic carbocycles. The van der Waals surface area contributed by atoms with Crippen molar-refractivity contribution in [3.8, 4) is 22.7 Å². The van der Waals surface area contributed by atoms with Gasteiger partial charge in [-0.1, -0.05) is 54.3 Å². The summed E-state index contributed by atoms with van der Waals surface area (Å²) in [6, 6.07) is 23.0. The Bertz CT molecular complexity index is 2190. The first-order valence-corrected chi connectivity index (χ1v) is 15.4. The summed E-state index contributed by atoms with van der Waals surface area (Å²) in [6.45, 7) is 5.80. The van der Waals surface area contributed by atoms with Crippen LogP contribution in [0.1, 0.15) is 34.5 Å². The molecule has 47 heavy (non-hydrogen) atoms. The van der Waals surface area contributed by atoms with Crippen molar-refractivity contribution in [3.63, 3.8) is 0 Å². The molecule has 3 heterocycles. The van der Waals surface area contributed by atoms with E-state index in [1.165, 1.54) is 30.1 Å². The molecule has 0 bridgehead atoms. The van der Waals surface area contributed by atoms with E-state index in [1.807, 2.05) is 60.8 Å². The van der Waals surface area contributed by atoms with Gasteiger partial charge in [-0.25, -0.2) is 19.3 Å². The van der Waals surface area contributed by atoms with Crippen LogP contribution in [0.15, 0.2) is 119 Å². The summed E-state index contributed by atoms with van der Waals surface area (Å²) >= 11 is 1.21. The number of carbonyl (C=O) groups is 2. The Balaban J connectivity index is 1.51. The van der Waals surface area contributed by atoms with Crippen molar-refractivity contribution in [2.45, 2.75) is 13.0 Å². The van der Waals surface area contributed by atoms with Crippen LogP contribution in [0, 0.1) is 0 Å². The van der Waals surface area contributed by atoms with E-state index in [-0.39, 0.29) is 11.1 Å². The average Bonchev–Trinajstić information content (AvgIpc) is 3.67. The molecule has 5 aromatic rings. The molecule has 6 rings (SSSR count). The minimum Gasteiger partial charge on any atom is -0.490 e. The van der Waals surface area contributed by atoms with Crippen LogP contribution >= 0.6 is 11.3 Å². The second kappa shape index (κ2) is 13.3. The van der Waals surface area contributed by atoms with Crippen molar-refractivity contribution < 1.29 is 23.8 Å². The zero-order valence-corrected chi connectivity index (χ0v) is 26.7. The molecule has 0 fully saturated rings. The van der Waals surface area contributed by atoms with Gasteiger partial charge in [0.15, 0.2) is 4.80 Å². The maximum atomic E-state index is 14.2. The highest BCUT2D eigenvalue weighted by Gasteiger charge is 2.33. The summed E-state index contributed by atoms with van der Waals surface area (Å²) in [4.78, 5) is 44.5. The van der Waals surface area contributed by atoms with Crippen LogP contribution in [0.4, 0.5) is 0 Å². The largest absolute Gasteiger partial charge is 0.490 e. The Morgan fingerprint density at radius 1 is 0.957 bits per heavy atom. The molecule has 1 unspecified atom stereocenters. The second-order valence-electron chi connectivity index (χ2n) is 10.5. The lowest BCUT2D eigenvalue weighted by molar-refractivity contribution is -0.136. The molecule has 0 aliphatic carbocycles. The van der Waals surface area contributed by atoms with Crippen molar-refractivity contribution in [1.29, 1.82) is 0 Å². The predicted octanol–water partition coefficient (Wildman–Crippen LogP) is 4.61. The third-order valence-electron chi connectivity index (χ3n) is 7.62. The maximum Gasteiger partial charge on any atom is 0.338 e. The first kappa shape index (κ1) is 31.2. The van der Waals surface area contributed by atoms with Gasteiger partial charge in [-0.05, 0) is 67.1 Å². The number of rotatable bonds is 9. The van der Waals surface area contributed by atoms with Crippen LogP contribution in [-0.4, -0.2) is 47.1 Å². The van der Waals surface area contributed by atoms with Crippen LogP contribution in [0.2, 0.25) is 0 Å². The highest BCUT2D eigenvalue weighted by Crippen LogP contribution is 2.31. The summed E-state index contributed by atoms with van der Waals surface area (Å²) < 4.78 is 19.3.